The summed E-state index contributed by atoms with van der Waals surface area (Å²) in [6.45, 7) is 18.1. The summed E-state index contributed by atoms with van der Waals surface area (Å²) < 4.78 is 0. The molecule has 0 bridgehead atoms. The Bertz CT molecular complexity index is 480. The molecule has 0 aliphatic rings. The zero-order chi connectivity index (χ0) is 26.8. The largest absolute Gasteiger partial charge is 0.346 e. The Hall–Kier alpha value is -1.80. The van der Waals surface area contributed by atoms with Gasteiger partial charge in [-0.25, -0.2) is 0 Å². The van der Waals surface area contributed by atoms with Gasteiger partial charge in [0.25, 0.3) is 0 Å². The van der Waals surface area contributed by atoms with Crippen molar-refractivity contribution in [3.8, 4) is 0 Å². The van der Waals surface area contributed by atoms with E-state index in [1.165, 1.54) is 11.3 Å². The fraction of sp³-hybridized carbons (Fsp3) is 0.840. The molecule has 2 unspecified atom stereocenters. The van der Waals surface area contributed by atoms with Crippen LogP contribution in [0.3, 0.4) is 0 Å². The molecule has 0 aromatic heterocycles. The van der Waals surface area contributed by atoms with Gasteiger partial charge in [-0.1, -0.05) is 61.8 Å². The number of likely N-dealkylation sites (N-methyl/N-ethyl adjacent to an activating group) is 1. The van der Waals surface area contributed by atoms with E-state index in [1.807, 2.05) is 34.7 Å². The molecule has 0 aliphatic carbocycles. The van der Waals surface area contributed by atoms with Crippen molar-refractivity contribution in [1.82, 2.24) is 15.5 Å². The van der Waals surface area contributed by atoms with Crippen LogP contribution in [0.15, 0.2) is 0 Å². The lowest BCUT2D eigenvalue weighted by atomic mass is 10.0. The minimum Gasteiger partial charge on any atom is -0.346 e. The third-order valence-corrected chi connectivity index (χ3v) is 3.96. The Kier molecular flexibility index (Phi) is 32.9. The molecule has 198 valence electrons. The number of amides is 2. The van der Waals surface area contributed by atoms with E-state index in [4.69, 9.17) is 5.73 Å². The van der Waals surface area contributed by atoms with E-state index in [2.05, 4.69) is 38.3 Å². The summed E-state index contributed by atoms with van der Waals surface area (Å²) in [7, 11) is 3.63. The molecule has 2 atom stereocenters. The number of nitrogens with zero attached hydrogens (tertiary/aromatic N) is 1. The summed E-state index contributed by atoms with van der Waals surface area (Å²) in [6, 6.07) is -0.733. The predicted octanol–water partition coefficient (Wildman–Crippen LogP) is 3.18. The Morgan fingerprint density at radius 1 is 1.00 bits per heavy atom. The van der Waals surface area contributed by atoms with Gasteiger partial charge in [-0.2, -0.15) is 0 Å². The van der Waals surface area contributed by atoms with Gasteiger partial charge in [0.1, 0.15) is 0 Å². The Labute approximate surface area is 203 Å². The van der Waals surface area contributed by atoms with Crippen LogP contribution < -0.4 is 16.4 Å². The molecule has 0 aromatic carbocycles. The Morgan fingerprint density at radius 3 is 1.85 bits per heavy atom. The van der Waals surface area contributed by atoms with Gasteiger partial charge in [0.05, 0.1) is 12.6 Å². The standard InChI is InChI=1S/C15H27N3O4.C4H11N.C4H10.C2H6/c1-4-5-12(13(20)10-19)17-14(21)8-11(2)6-7-18(3)15(22)9-16;1-3-4-5-2;1-4(2)3;1-2/h10-12H,4-9,16H2,1-3H3,(H,17,21);5H,3-4H2,1-2H3;4H,1-3H3;1-2H3. The first kappa shape index (κ1) is 38.5. The van der Waals surface area contributed by atoms with Crippen molar-refractivity contribution < 1.29 is 19.2 Å². The highest BCUT2D eigenvalue weighted by Gasteiger charge is 2.20. The van der Waals surface area contributed by atoms with Crippen molar-refractivity contribution in [2.45, 2.75) is 93.5 Å². The molecule has 0 rings (SSSR count). The maximum Gasteiger partial charge on any atom is 0.236 e. The second-order valence-corrected chi connectivity index (χ2v) is 8.38. The lowest BCUT2D eigenvalue weighted by molar-refractivity contribution is -0.133. The molecule has 0 heterocycles. The van der Waals surface area contributed by atoms with E-state index < -0.39 is 11.8 Å². The number of ketones is 1. The van der Waals surface area contributed by atoms with Gasteiger partial charge in [0, 0.05) is 20.0 Å². The molecule has 0 spiro atoms. The molecule has 2 amide bonds. The van der Waals surface area contributed by atoms with Gasteiger partial charge < -0.3 is 21.3 Å². The highest BCUT2D eigenvalue weighted by molar-refractivity contribution is 6.27. The topological polar surface area (TPSA) is 122 Å². The monoisotopic (exact) mass is 474 g/mol. The second-order valence-electron chi connectivity index (χ2n) is 8.38. The third kappa shape index (κ3) is 30.2. The summed E-state index contributed by atoms with van der Waals surface area (Å²) in [5.74, 6) is -0.108. The number of rotatable bonds is 13. The average molecular weight is 475 g/mol. The first-order valence-corrected chi connectivity index (χ1v) is 12.4. The van der Waals surface area contributed by atoms with Gasteiger partial charge in [-0.3, -0.25) is 19.2 Å². The van der Waals surface area contributed by atoms with Crippen LogP contribution in [0.5, 0.6) is 0 Å². The van der Waals surface area contributed by atoms with E-state index in [9.17, 15) is 19.2 Å². The summed E-state index contributed by atoms with van der Waals surface area (Å²) in [4.78, 5) is 46.7. The zero-order valence-electron chi connectivity index (χ0n) is 23.1. The van der Waals surface area contributed by atoms with Crippen LogP contribution in [-0.4, -0.2) is 68.6 Å². The van der Waals surface area contributed by atoms with Gasteiger partial charge >= 0.3 is 0 Å². The summed E-state index contributed by atoms with van der Waals surface area (Å²) in [5, 5.41) is 5.62. The molecule has 0 fully saturated rings. The molecule has 8 heteroatoms. The normalized spacial score (nSPS) is 11.3. The smallest absolute Gasteiger partial charge is 0.236 e. The molecular formula is C25H54N4O4. The molecule has 33 heavy (non-hydrogen) atoms. The first-order chi connectivity index (χ1) is 15.5. The van der Waals surface area contributed by atoms with Crippen molar-refractivity contribution in [3.63, 3.8) is 0 Å². The summed E-state index contributed by atoms with van der Waals surface area (Å²) in [5.41, 5.74) is 5.27. The average Bonchev–Trinajstić information content (AvgIpc) is 2.77. The SMILES string of the molecule is CC.CC(C)C.CCCC(NC(=O)CC(C)CCN(C)C(=O)CN)C(=O)C=O.CCCNC. The highest BCUT2D eigenvalue weighted by Crippen LogP contribution is 2.09. The van der Waals surface area contributed by atoms with Crippen LogP contribution >= 0.6 is 0 Å². The Balaban J connectivity index is -0.000000317. The van der Waals surface area contributed by atoms with E-state index >= 15 is 0 Å². The number of hydrogen-bond donors (Lipinski definition) is 3. The van der Waals surface area contributed by atoms with E-state index in [-0.39, 0.29) is 37.0 Å². The van der Waals surface area contributed by atoms with Crippen LogP contribution in [-0.2, 0) is 19.2 Å². The molecule has 0 saturated carbocycles. The molecule has 0 saturated heterocycles. The first-order valence-electron chi connectivity index (χ1n) is 12.4. The highest BCUT2D eigenvalue weighted by atomic mass is 16.2. The molecule has 8 nitrogen and oxygen atoms in total. The van der Waals surface area contributed by atoms with Crippen molar-refractivity contribution >= 4 is 23.9 Å². The second kappa shape index (κ2) is 28.2. The molecule has 0 aromatic rings. The quantitative estimate of drug-likeness (QED) is 0.278. The van der Waals surface area contributed by atoms with E-state index in [0.717, 1.165) is 12.5 Å². The number of hydrogen-bond acceptors (Lipinski definition) is 6. The molecular weight excluding hydrogens is 420 g/mol. The van der Waals surface area contributed by atoms with Crippen molar-refractivity contribution in [3.05, 3.63) is 0 Å². The lowest BCUT2D eigenvalue weighted by Gasteiger charge is -2.20. The molecule has 4 N–H and O–H groups in total. The van der Waals surface area contributed by atoms with Gasteiger partial charge in [0.2, 0.25) is 17.6 Å². The molecule has 0 radical (unpaired) electrons. The number of Topliss-reactive ketones (excluding diaryl/α,β-unsaturated/α-hetero) is 1. The lowest BCUT2D eigenvalue weighted by Crippen LogP contribution is -2.42. The maximum absolute atomic E-state index is 11.9. The maximum atomic E-state index is 11.9. The van der Waals surface area contributed by atoms with Crippen LogP contribution in [0, 0.1) is 11.8 Å². The van der Waals surface area contributed by atoms with Crippen molar-refractivity contribution in [2.24, 2.45) is 17.6 Å². The van der Waals surface area contributed by atoms with Gasteiger partial charge in [0.15, 0.2) is 6.29 Å². The van der Waals surface area contributed by atoms with Gasteiger partial charge in [-0.05, 0) is 44.7 Å². The predicted molar refractivity (Wildman–Crippen MR) is 139 cm³/mol. The van der Waals surface area contributed by atoms with Crippen LogP contribution in [0.1, 0.15) is 87.5 Å². The van der Waals surface area contributed by atoms with Crippen molar-refractivity contribution in [1.29, 1.82) is 0 Å². The van der Waals surface area contributed by atoms with Crippen LogP contribution in [0.25, 0.3) is 0 Å². The number of carbonyl (C=O) groups is 4. The number of nitrogens with two attached hydrogens (primary N) is 1. The zero-order valence-corrected chi connectivity index (χ0v) is 23.1. The van der Waals surface area contributed by atoms with Gasteiger partial charge in [-0.15, -0.1) is 0 Å². The number of nitrogens with one attached hydrogen (secondary N) is 2. The Morgan fingerprint density at radius 2 is 1.52 bits per heavy atom. The fourth-order valence-corrected chi connectivity index (χ4v) is 2.27. The van der Waals surface area contributed by atoms with E-state index in [0.29, 0.717) is 25.8 Å². The van der Waals surface area contributed by atoms with Crippen LogP contribution in [0.2, 0.25) is 0 Å². The minimum atomic E-state index is -0.733. The van der Waals surface area contributed by atoms with Crippen LogP contribution in [0.4, 0.5) is 0 Å². The number of carbonyl (C=O) groups excluding carboxylic acids is 4. The summed E-state index contributed by atoms with van der Waals surface area (Å²) >= 11 is 0. The van der Waals surface area contributed by atoms with Crippen molar-refractivity contribution in [2.75, 3.05) is 33.7 Å². The minimum absolute atomic E-state index is 0.0299. The van der Waals surface area contributed by atoms with E-state index in [1.54, 1.807) is 7.05 Å². The molecule has 0 aliphatic heterocycles. The summed E-state index contributed by atoms with van der Waals surface area (Å²) in [6.07, 6.45) is 3.54. The third-order valence-electron chi connectivity index (χ3n) is 3.96. The number of aldehydes is 1. The fourth-order valence-electron chi connectivity index (χ4n) is 2.27.